The van der Waals surface area contributed by atoms with E-state index < -0.39 is 25.9 Å². The van der Waals surface area contributed by atoms with Crippen LogP contribution in [0.3, 0.4) is 0 Å². The molecule has 0 radical (unpaired) electrons. The number of hydrogen-bond acceptors (Lipinski definition) is 6. The highest BCUT2D eigenvalue weighted by Crippen LogP contribution is 2.39. The van der Waals surface area contributed by atoms with Crippen LogP contribution in [0.5, 0.6) is 0 Å². The van der Waals surface area contributed by atoms with Crippen molar-refractivity contribution in [3.8, 4) is 0 Å². The first-order valence-electron chi connectivity index (χ1n) is 7.76. The highest BCUT2D eigenvalue weighted by Gasteiger charge is 2.35. The van der Waals surface area contributed by atoms with Gasteiger partial charge in [-0.05, 0) is 43.2 Å². The van der Waals surface area contributed by atoms with E-state index in [1.54, 1.807) is 12.1 Å². The number of hydrogen-bond donors (Lipinski definition) is 1. The number of thioether (sulfide) groups is 1. The standard InChI is InChI=1S/C16H16N2O5S3/c1-17-15-7-8-16(25(15,20)21)24-13-5-2-6-14(10-13)26(22,23)18-9-3-4-12(18)11-19/h2,5-8,10,12,19H,3-4,9,11H2/t12-/m0/s1. The first kappa shape index (κ1) is 19.1. The summed E-state index contributed by atoms with van der Waals surface area (Å²) < 4.78 is 51.3. The van der Waals surface area contributed by atoms with Crippen LogP contribution in [-0.4, -0.2) is 45.4 Å². The lowest BCUT2D eigenvalue weighted by Crippen LogP contribution is -2.37. The van der Waals surface area contributed by atoms with Gasteiger partial charge >= 0.3 is 0 Å². The van der Waals surface area contributed by atoms with E-state index >= 15 is 0 Å². The lowest BCUT2D eigenvalue weighted by molar-refractivity contribution is 0.213. The Balaban J connectivity index is 1.87. The van der Waals surface area contributed by atoms with Crippen LogP contribution in [0.4, 0.5) is 0 Å². The number of sulfone groups is 1. The number of rotatable bonds is 5. The van der Waals surface area contributed by atoms with Crippen molar-refractivity contribution in [3.63, 3.8) is 0 Å². The summed E-state index contributed by atoms with van der Waals surface area (Å²) in [4.78, 5) is 3.49. The van der Waals surface area contributed by atoms with Crippen LogP contribution in [0.1, 0.15) is 12.8 Å². The zero-order valence-corrected chi connectivity index (χ0v) is 16.0. The Hall–Kier alpha value is -1.64. The average Bonchev–Trinajstić information content (AvgIpc) is 3.20. The van der Waals surface area contributed by atoms with E-state index in [1.165, 1.54) is 28.6 Å². The quantitative estimate of drug-likeness (QED) is 0.743. The average molecular weight is 413 g/mol. The highest BCUT2D eigenvalue weighted by molar-refractivity contribution is 8.20. The molecule has 0 bridgehead atoms. The molecule has 10 heteroatoms. The van der Waals surface area contributed by atoms with Crippen molar-refractivity contribution in [2.24, 2.45) is 0 Å². The number of nitrogens with zero attached hydrogens (tertiary/aromatic N) is 2. The Morgan fingerprint density at radius 1 is 1.35 bits per heavy atom. The fourth-order valence-corrected chi connectivity index (χ4v) is 7.18. The first-order chi connectivity index (χ1) is 12.3. The summed E-state index contributed by atoms with van der Waals surface area (Å²) in [7, 11) is -7.59. The fraction of sp³-hybridized carbons (Fsp3) is 0.312. The van der Waals surface area contributed by atoms with Crippen molar-refractivity contribution in [2.45, 2.75) is 28.7 Å². The van der Waals surface area contributed by atoms with E-state index in [4.69, 9.17) is 6.57 Å². The van der Waals surface area contributed by atoms with Gasteiger partial charge in [-0.3, -0.25) is 0 Å². The second-order valence-electron chi connectivity index (χ2n) is 5.78. The second-order valence-corrected chi connectivity index (χ2v) is 10.9. The molecule has 26 heavy (non-hydrogen) atoms. The minimum absolute atomic E-state index is 0.00699. The molecule has 138 valence electrons. The van der Waals surface area contributed by atoms with Gasteiger partial charge in [0, 0.05) is 17.5 Å². The largest absolute Gasteiger partial charge is 0.395 e. The SMILES string of the molecule is [C-]#[N+]C1=CC=C(Sc2cccc(S(=O)(=O)N3CCC[C@H]3CO)c2)S1(=O)=O. The summed E-state index contributed by atoms with van der Waals surface area (Å²) in [6.07, 6.45) is 3.88. The molecule has 1 fully saturated rings. The predicted octanol–water partition coefficient (Wildman–Crippen LogP) is 1.95. The number of sulfonamides is 1. The molecular formula is C16H16N2O5S3. The summed E-state index contributed by atoms with van der Waals surface area (Å²) in [5, 5.41) is 9.04. The molecular weight excluding hydrogens is 396 g/mol. The third-order valence-corrected chi connectivity index (χ3v) is 9.30. The monoisotopic (exact) mass is 412 g/mol. The van der Waals surface area contributed by atoms with Gasteiger partial charge in [-0.1, -0.05) is 17.8 Å². The molecule has 2 aliphatic rings. The van der Waals surface area contributed by atoms with Crippen molar-refractivity contribution < 1.29 is 21.9 Å². The smallest absolute Gasteiger partial charge is 0.283 e. The molecule has 1 aromatic carbocycles. The molecule has 0 aromatic heterocycles. The van der Waals surface area contributed by atoms with Crippen molar-refractivity contribution in [3.05, 3.63) is 57.1 Å². The van der Waals surface area contributed by atoms with Gasteiger partial charge in [0.2, 0.25) is 19.9 Å². The Morgan fingerprint density at radius 3 is 2.77 bits per heavy atom. The molecule has 1 N–H and O–H groups in total. The second kappa shape index (κ2) is 7.17. The van der Waals surface area contributed by atoms with Crippen molar-refractivity contribution in [1.29, 1.82) is 0 Å². The van der Waals surface area contributed by atoms with Crippen LogP contribution >= 0.6 is 11.8 Å². The molecule has 2 heterocycles. The van der Waals surface area contributed by atoms with Gasteiger partial charge in [-0.25, -0.2) is 21.7 Å². The summed E-state index contributed by atoms with van der Waals surface area (Å²) in [5.74, 6) is 0. The van der Waals surface area contributed by atoms with Gasteiger partial charge in [0.05, 0.1) is 22.3 Å². The van der Waals surface area contributed by atoms with Crippen LogP contribution in [0.15, 0.2) is 55.5 Å². The Labute approximate surface area is 156 Å². The molecule has 0 spiro atoms. The van der Waals surface area contributed by atoms with Gasteiger partial charge in [-0.15, -0.1) is 0 Å². The van der Waals surface area contributed by atoms with Crippen LogP contribution in [-0.2, 0) is 19.9 Å². The third kappa shape index (κ3) is 3.33. The van der Waals surface area contributed by atoms with Crippen molar-refractivity contribution in [2.75, 3.05) is 13.2 Å². The molecule has 7 nitrogen and oxygen atoms in total. The third-order valence-electron chi connectivity index (χ3n) is 4.18. The summed E-state index contributed by atoms with van der Waals surface area (Å²) >= 11 is 0.902. The number of aliphatic hydroxyl groups is 1. The van der Waals surface area contributed by atoms with E-state index in [9.17, 15) is 21.9 Å². The number of benzene rings is 1. The van der Waals surface area contributed by atoms with Crippen LogP contribution in [0.2, 0.25) is 0 Å². The van der Waals surface area contributed by atoms with Gasteiger partial charge in [0.1, 0.15) is 0 Å². The molecule has 0 aliphatic carbocycles. The zero-order valence-electron chi connectivity index (χ0n) is 13.6. The Morgan fingerprint density at radius 2 is 2.12 bits per heavy atom. The van der Waals surface area contributed by atoms with Crippen molar-refractivity contribution >= 4 is 31.6 Å². The summed E-state index contributed by atoms with van der Waals surface area (Å²) in [6.45, 7) is 7.02. The lowest BCUT2D eigenvalue weighted by atomic mass is 10.2. The van der Waals surface area contributed by atoms with Crippen molar-refractivity contribution in [1.82, 2.24) is 4.31 Å². The zero-order chi connectivity index (χ0) is 18.9. The molecule has 1 aromatic rings. The molecule has 0 saturated carbocycles. The maximum Gasteiger partial charge on any atom is 0.283 e. The maximum absolute atomic E-state index is 12.8. The fourth-order valence-electron chi connectivity index (χ4n) is 2.87. The predicted molar refractivity (Wildman–Crippen MR) is 98.0 cm³/mol. The number of allylic oxidation sites excluding steroid dienone is 2. The molecule has 2 aliphatic heterocycles. The molecule has 1 saturated heterocycles. The highest BCUT2D eigenvalue weighted by atomic mass is 32.3. The molecule has 0 unspecified atom stereocenters. The van der Waals surface area contributed by atoms with Gasteiger partial charge < -0.3 is 5.11 Å². The van der Waals surface area contributed by atoms with E-state index in [1.807, 2.05) is 0 Å². The summed E-state index contributed by atoms with van der Waals surface area (Å²) in [6, 6.07) is 5.60. The molecule has 0 amide bonds. The minimum Gasteiger partial charge on any atom is -0.395 e. The molecule has 3 rings (SSSR count). The topological polar surface area (TPSA) is 96.1 Å². The number of aliphatic hydroxyl groups excluding tert-OH is 1. The van der Waals surface area contributed by atoms with Gasteiger partial charge in [-0.2, -0.15) is 4.31 Å². The summed E-state index contributed by atoms with van der Waals surface area (Å²) in [5.41, 5.74) is 0. The van der Waals surface area contributed by atoms with Gasteiger partial charge in [0.15, 0.2) is 0 Å². The van der Waals surface area contributed by atoms with Crippen LogP contribution < -0.4 is 0 Å². The first-order valence-corrected chi connectivity index (χ1v) is 11.5. The maximum atomic E-state index is 12.8. The lowest BCUT2D eigenvalue weighted by Gasteiger charge is -2.22. The minimum atomic E-state index is -3.81. The normalized spacial score (nSPS) is 22.7. The van der Waals surface area contributed by atoms with Gasteiger partial charge in [0.25, 0.3) is 5.03 Å². The Bertz CT molecular complexity index is 1040. The van der Waals surface area contributed by atoms with Crippen LogP contribution in [0, 0.1) is 6.57 Å². The van der Waals surface area contributed by atoms with E-state index in [2.05, 4.69) is 4.85 Å². The van der Waals surface area contributed by atoms with E-state index in [-0.39, 0.29) is 20.8 Å². The van der Waals surface area contributed by atoms with Crippen LogP contribution in [0.25, 0.3) is 4.85 Å². The van der Waals surface area contributed by atoms with E-state index in [0.717, 1.165) is 11.8 Å². The van der Waals surface area contributed by atoms with E-state index in [0.29, 0.717) is 24.3 Å². The molecule has 1 atom stereocenters. The Kier molecular flexibility index (Phi) is 5.28.